The Kier molecular flexibility index (Phi) is 7.76. The summed E-state index contributed by atoms with van der Waals surface area (Å²) >= 11 is 23.7. The van der Waals surface area contributed by atoms with Crippen LogP contribution < -0.4 is 9.47 Å². The van der Waals surface area contributed by atoms with Crippen LogP contribution in [0.25, 0.3) is 0 Å². The van der Waals surface area contributed by atoms with Gasteiger partial charge in [0.15, 0.2) is 21.3 Å². The zero-order chi connectivity index (χ0) is 22.8. The summed E-state index contributed by atoms with van der Waals surface area (Å²) in [5, 5.41) is 1.04. The first-order chi connectivity index (χ1) is 14.5. The van der Waals surface area contributed by atoms with Gasteiger partial charge >= 0.3 is 11.9 Å². The van der Waals surface area contributed by atoms with Gasteiger partial charge in [-0.15, -0.1) is 0 Å². The van der Waals surface area contributed by atoms with Crippen LogP contribution >= 0.6 is 46.4 Å². The Morgan fingerprint density at radius 3 is 1.55 bits per heavy atom. The van der Waals surface area contributed by atoms with Crippen LogP contribution in [0.15, 0.2) is 36.4 Å². The van der Waals surface area contributed by atoms with Gasteiger partial charge in [0.1, 0.15) is 0 Å². The fourth-order valence-electron chi connectivity index (χ4n) is 3.31. The molecule has 2 aromatic carbocycles. The first-order valence-electron chi connectivity index (χ1n) is 9.04. The van der Waals surface area contributed by atoms with Crippen molar-refractivity contribution >= 4 is 68.2 Å². The molecular formula is C20H16Cl4O6S. The van der Waals surface area contributed by atoms with Gasteiger partial charge < -0.3 is 9.47 Å². The lowest BCUT2D eigenvalue weighted by atomic mass is 9.90. The van der Waals surface area contributed by atoms with Gasteiger partial charge in [-0.25, -0.2) is 8.42 Å². The zero-order valence-electron chi connectivity index (χ0n) is 15.8. The first kappa shape index (κ1) is 24.1. The molecule has 0 saturated carbocycles. The van der Waals surface area contributed by atoms with Gasteiger partial charge in [0.25, 0.3) is 0 Å². The number of sulfone groups is 1. The van der Waals surface area contributed by atoms with Crippen molar-refractivity contribution in [2.45, 2.75) is 12.8 Å². The fourth-order valence-corrected chi connectivity index (χ4v) is 6.17. The van der Waals surface area contributed by atoms with E-state index in [1.807, 2.05) is 0 Å². The van der Waals surface area contributed by atoms with E-state index >= 15 is 0 Å². The molecule has 0 spiro atoms. The average molecular weight is 526 g/mol. The van der Waals surface area contributed by atoms with Crippen molar-refractivity contribution in [2.24, 2.45) is 11.8 Å². The molecule has 1 fully saturated rings. The molecule has 0 aromatic heterocycles. The molecule has 0 bridgehead atoms. The molecular weight excluding hydrogens is 510 g/mol. The maximum Gasteiger partial charge on any atom is 0.311 e. The number of ether oxygens (including phenoxy) is 2. The predicted molar refractivity (Wildman–Crippen MR) is 119 cm³/mol. The Bertz CT molecular complexity index is 1040. The Hall–Kier alpha value is -1.51. The van der Waals surface area contributed by atoms with Gasteiger partial charge in [0.2, 0.25) is 0 Å². The number of hydrogen-bond donors (Lipinski definition) is 0. The van der Waals surface area contributed by atoms with E-state index in [2.05, 4.69) is 0 Å². The molecule has 1 heterocycles. The van der Waals surface area contributed by atoms with E-state index in [1.54, 1.807) is 12.1 Å². The van der Waals surface area contributed by atoms with Gasteiger partial charge in [-0.05, 0) is 36.1 Å². The van der Waals surface area contributed by atoms with Crippen molar-refractivity contribution in [3.8, 4) is 11.5 Å². The third-order valence-corrected chi connectivity index (χ3v) is 7.66. The van der Waals surface area contributed by atoms with Crippen LogP contribution in [0, 0.1) is 11.8 Å². The van der Waals surface area contributed by atoms with Crippen LogP contribution in [-0.4, -0.2) is 31.9 Å². The molecule has 2 atom stereocenters. The lowest BCUT2D eigenvalue weighted by Gasteiger charge is -2.17. The van der Waals surface area contributed by atoms with E-state index in [-0.39, 0.29) is 45.9 Å². The highest BCUT2D eigenvalue weighted by atomic mass is 35.5. The van der Waals surface area contributed by atoms with Gasteiger partial charge in [-0.3, -0.25) is 9.59 Å². The summed E-state index contributed by atoms with van der Waals surface area (Å²) in [6.45, 7) is 0. The summed E-state index contributed by atoms with van der Waals surface area (Å²) in [6.07, 6.45) is -0.421. The van der Waals surface area contributed by atoms with Crippen molar-refractivity contribution in [2.75, 3.05) is 11.5 Å². The van der Waals surface area contributed by atoms with Crippen LogP contribution in [0.1, 0.15) is 12.8 Å². The average Bonchev–Trinajstić information content (AvgIpc) is 2.94. The van der Waals surface area contributed by atoms with E-state index in [9.17, 15) is 18.0 Å². The maximum absolute atomic E-state index is 12.4. The standard InChI is InChI=1S/C20H16Cl4O6S/c21-13-1-3-15(23)17(7-13)29-19(25)5-11-9-31(27,28)10-12(11)6-20(26)30-18-8-14(22)2-4-16(18)24/h1-4,7-8,11-12H,5-6,9-10H2. The van der Waals surface area contributed by atoms with Crippen molar-refractivity contribution in [1.29, 1.82) is 0 Å². The molecule has 0 N–H and O–H groups in total. The third kappa shape index (κ3) is 6.73. The number of esters is 2. The largest absolute Gasteiger partial charge is 0.425 e. The number of rotatable bonds is 6. The summed E-state index contributed by atoms with van der Waals surface area (Å²) in [7, 11) is -3.42. The molecule has 2 aromatic rings. The molecule has 11 heteroatoms. The van der Waals surface area contributed by atoms with E-state index in [0.29, 0.717) is 10.0 Å². The number of benzene rings is 2. The Morgan fingerprint density at radius 2 is 1.16 bits per heavy atom. The lowest BCUT2D eigenvalue weighted by Crippen LogP contribution is -2.23. The topological polar surface area (TPSA) is 86.7 Å². The second-order valence-electron chi connectivity index (χ2n) is 7.10. The highest BCUT2D eigenvalue weighted by molar-refractivity contribution is 7.91. The highest BCUT2D eigenvalue weighted by Gasteiger charge is 2.40. The second-order valence-corrected chi connectivity index (χ2v) is 10.9. The van der Waals surface area contributed by atoms with Crippen LogP contribution in [0.5, 0.6) is 11.5 Å². The Labute approximate surface area is 199 Å². The first-order valence-corrected chi connectivity index (χ1v) is 12.4. The fraction of sp³-hybridized carbons (Fsp3) is 0.300. The summed E-state index contributed by atoms with van der Waals surface area (Å²) < 4.78 is 34.8. The van der Waals surface area contributed by atoms with Crippen molar-refractivity contribution in [1.82, 2.24) is 0 Å². The number of hydrogen-bond acceptors (Lipinski definition) is 6. The molecule has 3 rings (SSSR count). The van der Waals surface area contributed by atoms with E-state index < -0.39 is 33.6 Å². The molecule has 166 valence electrons. The van der Waals surface area contributed by atoms with Crippen molar-refractivity contribution in [3.63, 3.8) is 0 Å². The molecule has 1 saturated heterocycles. The summed E-state index contributed by atoms with van der Waals surface area (Å²) in [6, 6.07) is 8.81. The van der Waals surface area contributed by atoms with Crippen molar-refractivity contribution < 1.29 is 27.5 Å². The van der Waals surface area contributed by atoms with E-state index in [0.717, 1.165) is 0 Å². The minimum atomic E-state index is -3.42. The minimum absolute atomic E-state index is 0.0755. The molecule has 0 radical (unpaired) electrons. The zero-order valence-corrected chi connectivity index (χ0v) is 19.7. The van der Waals surface area contributed by atoms with Gasteiger partial charge in [0, 0.05) is 22.2 Å². The van der Waals surface area contributed by atoms with Gasteiger partial charge in [-0.1, -0.05) is 46.4 Å². The number of carbonyl (C=O) groups is 2. The predicted octanol–water partition coefficient (Wildman–Crippen LogP) is 5.25. The van der Waals surface area contributed by atoms with E-state index in [4.69, 9.17) is 55.9 Å². The normalized spacial score (nSPS) is 19.7. The molecule has 2 unspecified atom stereocenters. The van der Waals surface area contributed by atoms with E-state index in [1.165, 1.54) is 24.3 Å². The maximum atomic E-state index is 12.4. The van der Waals surface area contributed by atoms with Crippen molar-refractivity contribution in [3.05, 3.63) is 56.5 Å². The summed E-state index contributed by atoms with van der Waals surface area (Å²) in [5.41, 5.74) is 0. The monoisotopic (exact) mass is 524 g/mol. The molecule has 6 nitrogen and oxygen atoms in total. The summed E-state index contributed by atoms with van der Waals surface area (Å²) in [4.78, 5) is 24.8. The molecule has 1 aliphatic rings. The molecule has 31 heavy (non-hydrogen) atoms. The number of halogens is 4. The van der Waals surface area contributed by atoms with Gasteiger partial charge in [-0.2, -0.15) is 0 Å². The third-order valence-electron chi connectivity index (χ3n) is 4.69. The number of carbonyl (C=O) groups excluding carboxylic acids is 2. The minimum Gasteiger partial charge on any atom is -0.425 e. The van der Waals surface area contributed by atoms with Gasteiger partial charge in [0.05, 0.1) is 34.4 Å². The smallest absolute Gasteiger partial charge is 0.311 e. The quantitative estimate of drug-likeness (QED) is 0.378. The van der Waals surface area contributed by atoms with Crippen LogP contribution in [0.3, 0.4) is 0 Å². The Morgan fingerprint density at radius 1 is 0.774 bits per heavy atom. The second kappa shape index (κ2) is 9.96. The molecule has 0 aliphatic carbocycles. The van der Waals surface area contributed by atoms with Crippen LogP contribution in [-0.2, 0) is 19.4 Å². The highest BCUT2D eigenvalue weighted by Crippen LogP contribution is 2.34. The summed E-state index contributed by atoms with van der Waals surface area (Å²) in [5.74, 6) is -2.90. The Balaban J connectivity index is 1.66. The molecule has 1 aliphatic heterocycles. The van der Waals surface area contributed by atoms with Crippen LogP contribution in [0.2, 0.25) is 20.1 Å². The SMILES string of the molecule is O=C(CC1CS(=O)(=O)CC1CC(=O)Oc1cc(Cl)ccc1Cl)Oc1cc(Cl)ccc1Cl. The molecule has 0 amide bonds. The van der Waals surface area contributed by atoms with Crippen LogP contribution in [0.4, 0.5) is 0 Å². The lowest BCUT2D eigenvalue weighted by molar-refractivity contribution is -0.138.